The van der Waals surface area contributed by atoms with Crippen molar-refractivity contribution in [3.63, 3.8) is 0 Å². The van der Waals surface area contributed by atoms with E-state index in [9.17, 15) is 13.2 Å². The van der Waals surface area contributed by atoms with Gasteiger partial charge in [0.1, 0.15) is 0 Å². The second-order valence-electron chi connectivity index (χ2n) is 6.67. The van der Waals surface area contributed by atoms with Gasteiger partial charge < -0.3 is 0 Å². The van der Waals surface area contributed by atoms with Crippen LogP contribution in [0.2, 0.25) is 0 Å². The van der Waals surface area contributed by atoms with Gasteiger partial charge in [-0.1, -0.05) is 57.9 Å². The Morgan fingerprint density at radius 2 is 1.37 bits per heavy atom. The van der Waals surface area contributed by atoms with Gasteiger partial charge in [-0.25, -0.2) is 0 Å². The van der Waals surface area contributed by atoms with Gasteiger partial charge in [-0.15, -0.1) is 5.56 Å². The Bertz CT molecular complexity index is 434. The van der Waals surface area contributed by atoms with Gasteiger partial charge in [0.05, 0.1) is 0 Å². The number of benzene rings is 1. The molecule has 0 N–H and O–H groups in total. The third kappa shape index (κ3) is 4.58. The standard InChI is InChI=1S/C15H20F3.Li/c1-13(2,3)10-7-8-11(15(16,17)18)12(9-10)14(4,5)6;/h7,9H,1-6H3;/q-1;+1. The summed E-state index contributed by atoms with van der Waals surface area (Å²) in [6, 6.07) is 5.56. The van der Waals surface area contributed by atoms with Crippen LogP contribution in [0.15, 0.2) is 12.1 Å². The first-order chi connectivity index (χ1) is 7.83. The number of hydrogen-bond acceptors (Lipinski definition) is 0. The fourth-order valence-electron chi connectivity index (χ4n) is 1.76. The molecular formula is C15H20F3Li. The minimum absolute atomic E-state index is 0. The van der Waals surface area contributed by atoms with Crippen LogP contribution in [0.1, 0.15) is 58.2 Å². The topological polar surface area (TPSA) is 0 Å². The smallest absolute Gasteiger partial charge is 0.173 e. The number of hydrogen-bond donors (Lipinski definition) is 0. The summed E-state index contributed by atoms with van der Waals surface area (Å²) in [7, 11) is 0. The molecule has 0 heterocycles. The fraction of sp³-hybridized carbons (Fsp3) is 0.600. The van der Waals surface area contributed by atoms with Gasteiger partial charge in [0.25, 0.3) is 0 Å². The zero-order valence-corrected chi connectivity index (χ0v) is 12.8. The van der Waals surface area contributed by atoms with E-state index in [0.29, 0.717) is 5.56 Å². The monoisotopic (exact) mass is 264 g/mol. The average Bonchev–Trinajstić information content (AvgIpc) is 2.12. The molecule has 0 atom stereocenters. The van der Waals surface area contributed by atoms with E-state index >= 15 is 0 Å². The molecule has 1 rings (SSSR count). The first-order valence-electron chi connectivity index (χ1n) is 5.97. The fourth-order valence-corrected chi connectivity index (χ4v) is 1.76. The van der Waals surface area contributed by atoms with Crippen molar-refractivity contribution in [3.8, 4) is 0 Å². The van der Waals surface area contributed by atoms with E-state index in [2.05, 4.69) is 6.07 Å². The van der Waals surface area contributed by atoms with Crippen molar-refractivity contribution in [3.05, 3.63) is 34.9 Å². The van der Waals surface area contributed by atoms with Gasteiger partial charge in [-0.2, -0.15) is 36.9 Å². The molecule has 1 aromatic rings. The minimum Gasteiger partial charge on any atom is -0.173 e. The van der Waals surface area contributed by atoms with Crippen molar-refractivity contribution >= 4 is 0 Å². The van der Waals surface area contributed by atoms with Gasteiger partial charge in [-0.3, -0.25) is 0 Å². The molecule has 1 aromatic carbocycles. The van der Waals surface area contributed by atoms with Crippen LogP contribution in [-0.4, -0.2) is 0 Å². The van der Waals surface area contributed by atoms with Gasteiger partial charge in [0.15, 0.2) is 0 Å². The molecule has 102 valence electrons. The summed E-state index contributed by atoms with van der Waals surface area (Å²) in [5.41, 5.74) is -0.200. The molecule has 0 aliphatic heterocycles. The Morgan fingerprint density at radius 1 is 0.895 bits per heavy atom. The Balaban J connectivity index is 0.00000324. The summed E-state index contributed by atoms with van der Waals surface area (Å²) in [5.74, 6) is 0. The predicted molar refractivity (Wildman–Crippen MR) is 67.7 cm³/mol. The molecule has 4 heteroatoms. The summed E-state index contributed by atoms with van der Waals surface area (Å²) in [6.45, 7) is 11.3. The van der Waals surface area contributed by atoms with E-state index in [1.54, 1.807) is 26.8 Å². The van der Waals surface area contributed by atoms with E-state index in [1.165, 1.54) is 6.07 Å². The van der Waals surface area contributed by atoms with Crippen molar-refractivity contribution in [1.29, 1.82) is 0 Å². The SMILES string of the molecule is CC(C)(C)c1c[c-]c(C(F)(F)F)c(C(C)(C)C)c1.[Li+]. The van der Waals surface area contributed by atoms with Crippen LogP contribution in [0.25, 0.3) is 0 Å². The van der Waals surface area contributed by atoms with Gasteiger partial charge in [0.2, 0.25) is 0 Å². The molecule has 0 aromatic heterocycles. The molecule has 0 amide bonds. The van der Waals surface area contributed by atoms with Gasteiger partial charge >= 0.3 is 25.0 Å². The van der Waals surface area contributed by atoms with Crippen LogP contribution in [0.4, 0.5) is 13.2 Å². The number of rotatable bonds is 0. The molecule has 0 bridgehead atoms. The molecular weight excluding hydrogens is 244 g/mol. The molecule has 0 fully saturated rings. The molecule has 0 saturated heterocycles. The maximum absolute atomic E-state index is 13.0. The zero-order valence-electron chi connectivity index (χ0n) is 12.8. The van der Waals surface area contributed by atoms with Crippen LogP contribution in [0, 0.1) is 6.07 Å². The normalized spacial score (nSPS) is 13.1. The van der Waals surface area contributed by atoms with Crippen LogP contribution in [-0.2, 0) is 17.0 Å². The minimum atomic E-state index is -4.35. The Labute approximate surface area is 126 Å². The second kappa shape index (κ2) is 5.54. The van der Waals surface area contributed by atoms with Crippen molar-refractivity contribution in [2.45, 2.75) is 58.5 Å². The zero-order chi connectivity index (χ0) is 14.4. The predicted octanol–water partition coefficient (Wildman–Crippen LogP) is 2.10. The third-order valence-electron chi connectivity index (χ3n) is 2.90. The van der Waals surface area contributed by atoms with Gasteiger partial charge in [0, 0.05) is 0 Å². The summed E-state index contributed by atoms with van der Waals surface area (Å²) in [6.07, 6.45) is -4.35. The van der Waals surface area contributed by atoms with Crippen molar-refractivity contribution < 1.29 is 32.0 Å². The summed E-state index contributed by atoms with van der Waals surface area (Å²) in [5, 5.41) is 0. The Kier molecular flexibility index (Phi) is 5.43. The van der Waals surface area contributed by atoms with Crippen molar-refractivity contribution in [2.75, 3.05) is 0 Å². The van der Waals surface area contributed by atoms with E-state index in [4.69, 9.17) is 0 Å². The van der Waals surface area contributed by atoms with E-state index in [0.717, 1.165) is 5.56 Å². The average molecular weight is 264 g/mol. The molecule has 0 saturated carbocycles. The quantitative estimate of drug-likeness (QED) is 0.497. The Hall–Kier alpha value is -0.393. The number of alkyl halides is 3. The number of halogens is 3. The van der Waals surface area contributed by atoms with Crippen molar-refractivity contribution in [1.82, 2.24) is 0 Å². The molecule has 0 unspecified atom stereocenters. The maximum atomic E-state index is 13.0. The second-order valence-corrected chi connectivity index (χ2v) is 6.67. The first kappa shape index (κ1) is 18.6. The van der Waals surface area contributed by atoms with Crippen molar-refractivity contribution in [2.24, 2.45) is 0 Å². The largest absolute Gasteiger partial charge is 1.00 e. The van der Waals surface area contributed by atoms with Crippen LogP contribution < -0.4 is 18.9 Å². The van der Waals surface area contributed by atoms with E-state index in [1.807, 2.05) is 20.8 Å². The summed E-state index contributed by atoms with van der Waals surface area (Å²) in [4.78, 5) is 0. The van der Waals surface area contributed by atoms with E-state index in [-0.39, 0.29) is 24.3 Å². The molecule has 19 heavy (non-hydrogen) atoms. The Morgan fingerprint density at radius 3 is 1.68 bits per heavy atom. The van der Waals surface area contributed by atoms with Gasteiger partial charge in [-0.05, 0) is 0 Å². The summed E-state index contributed by atoms with van der Waals surface area (Å²) < 4.78 is 38.9. The van der Waals surface area contributed by atoms with Crippen LogP contribution in [0.3, 0.4) is 0 Å². The molecule has 0 spiro atoms. The van der Waals surface area contributed by atoms with Crippen LogP contribution >= 0.6 is 0 Å². The van der Waals surface area contributed by atoms with Crippen LogP contribution in [0.5, 0.6) is 0 Å². The maximum Gasteiger partial charge on any atom is 1.00 e. The third-order valence-corrected chi connectivity index (χ3v) is 2.90. The molecule has 0 nitrogen and oxygen atoms in total. The molecule has 0 aliphatic rings. The summed E-state index contributed by atoms with van der Waals surface area (Å²) >= 11 is 0. The first-order valence-corrected chi connectivity index (χ1v) is 5.97. The van der Waals surface area contributed by atoms with E-state index < -0.39 is 17.2 Å². The molecule has 0 radical (unpaired) electrons. The molecule has 0 aliphatic carbocycles.